The van der Waals surface area contributed by atoms with Crippen molar-refractivity contribution in [1.82, 2.24) is 25.5 Å². The fourth-order valence-corrected chi connectivity index (χ4v) is 10.5. The van der Waals surface area contributed by atoms with Crippen LogP contribution < -0.4 is 40.3 Å². The highest BCUT2D eigenvalue weighted by molar-refractivity contribution is 6.05. The Morgan fingerprint density at radius 2 is 1.65 bits per heavy atom. The zero-order valence-electron chi connectivity index (χ0n) is 35.5. The number of fused-ring (bicyclic) bond motifs is 1. The molecule has 0 atom stereocenters. The van der Waals surface area contributed by atoms with Gasteiger partial charge in [-0.1, -0.05) is 12.8 Å². The Balaban J connectivity index is 0.736. The lowest BCUT2D eigenvalue weighted by Crippen LogP contribution is -2.55. The topological polar surface area (TPSA) is 156 Å². The van der Waals surface area contributed by atoms with Crippen LogP contribution in [0.2, 0.25) is 0 Å². The molecule has 2 aromatic carbocycles. The Kier molecular flexibility index (Phi) is 11.4. The number of likely N-dealkylation sites (tertiary alicyclic amines) is 1. The minimum absolute atomic E-state index is 0.116. The summed E-state index contributed by atoms with van der Waals surface area (Å²) in [6, 6.07) is 12.8. The maximum Gasteiger partial charge on any atom is 0.342 e. The number of nitrogens with zero attached hydrogens (tertiary/aromatic N) is 7. The van der Waals surface area contributed by atoms with Crippen molar-refractivity contribution in [2.45, 2.75) is 88.6 Å². The van der Waals surface area contributed by atoms with Crippen molar-refractivity contribution in [2.24, 2.45) is 11.3 Å². The number of methoxy groups -OCH3 is 1. The molecule has 6 aliphatic rings. The van der Waals surface area contributed by atoms with Gasteiger partial charge >= 0.3 is 12.0 Å². The fraction of sp³-hybridized carbons (Fsp3) is 0.556. The molecular formula is C45H56F2N10O5. The van der Waals surface area contributed by atoms with Crippen LogP contribution in [-0.4, -0.2) is 117 Å². The number of piperidine rings is 2. The number of alkyl halides is 2. The van der Waals surface area contributed by atoms with Crippen molar-refractivity contribution >= 4 is 58.3 Å². The molecular weight excluding hydrogens is 799 g/mol. The monoisotopic (exact) mass is 854 g/mol. The molecule has 3 N–H and O–H groups in total. The summed E-state index contributed by atoms with van der Waals surface area (Å²) < 4.78 is 35.8. The number of rotatable bonds is 10. The normalized spacial score (nSPS) is 22.3. The number of carbonyl (C=O) groups excluding carboxylic acids is 4. The largest absolute Gasteiger partial charge is 0.495 e. The summed E-state index contributed by atoms with van der Waals surface area (Å²) in [6.45, 7) is 4.94. The first-order valence-corrected chi connectivity index (χ1v) is 22.1. The highest BCUT2D eigenvalue weighted by Crippen LogP contribution is 2.49. The predicted molar refractivity (Wildman–Crippen MR) is 232 cm³/mol. The van der Waals surface area contributed by atoms with E-state index >= 15 is 8.78 Å². The standard InChI is InChI=1S/C45H56F2N10O5/c1-53-36-26-48-42(52-39(36)57(33-5-3-4-6-33)28-45(46,47)41(53)60)50-35-12-7-30(23-37(35)62-2)40(59)49-31-24-44(25-31)16-21-54(22-17-44)27-29-13-18-55(19-14-29)32-8-10-34(11-9-32)56-20-15-38(58)51-43(56)61/h7-12,23,26,29,31,33H,3-6,13-22,24-25,27-28H2,1-2H3,(H,49,59)(H,48,50,52)(H,51,58,61). The first-order chi connectivity index (χ1) is 29.9. The van der Waals surface area contributed by atoms with Gasteiger partial charge in [-0.05, 0) is 118 Å². The van der Waals surface area contributed by atoms with E-state index in [-0.39, 0.29) is 52.8 Å². The number of hydrogen-bond acceptors (Lipinski definition) is 11. The number of anilines is 6. The lowest BCUT2D eigenvalue weighted by atomic mass is 9.60. The molecule has 0 radical (unpaired) electrons. The average Bonchev–Trinajstić information content (AvgIpc) is 3.79. The van der Waals surface area contributed by atoms with Crippen molar-refractivity contribution < 1.29 is 32.7 Å². The molecule has 3 aromatic rings. The van der Waals surface area contributed by atoms with Gasteiger partial charge in [-0.3, -0.25) is 24.6 Å². The van der Waals surface area contributed by atoms with Crippen LogP contribution in [0.25, 0.3) is 0 Å². The highest BCUT2D eigenvalue weighted by Gasteiger charge is 2.49. The van der Waals surface area contributed by atoms with Crippen LogP contribution in [0.5, 0.6) is 5.75 Å². The fourth-order valence-electron chi connectivity index (χ4n) is 10.5. The third kappa shape index (κ3) is 8.47. The Morgan fingerprint density at radius 1 is 0.935 bits per heavy atom. The molecule has 2 saturated carbocycles. The van der Waals surface area contributed by atoms with Crippen molar-refractivity contribution in [3.63, 3.8) is 0 Å². The van der Waals surface area contributed by atoms with E-state index in [2.05, 4.69) is 47.9 Å². The molecule has 1 spiro atoms. The predicted octanol–water partition coefficient (Wildman–Crippen LogP) is 5.93. The summed E-state index contributed by atoms with van der Waals surface area (Å²) in [6.07, 6.45) is 11.6. The number of nitrogens with one attached hydrogen (secondary N) is 3. The first kappa shape index (κ1) is 41.8. The quantitative estimate of drug-likeness (QED) is 0.223. The minimum Gasteiger partial charge on any atom is -0.495 e. The zero-order valence-corrected chi connectivity index (χ0v) is 35.5. The second-order valence-electron chi connectivity index (χ2n) is 18.2. The lowest BCUT2D eigenvalue weighted by Gasteiger charge is -2.52. The first-order valence-electron chi connectivity index (χ1n) is 22.1. The summed E-state index contributed by atoms with van der Waals surface area (Å²) in [7, 11) is 2.84. The van der Waals surface area contributed by atoms with Crippen LogP contribution >= 0.6 is 0 Å². The number of halogens is 2. The average molecular weight is 855 g/mol. The van der Waals surface area contributed by atoms with Gasteiger partial charge in [-0.25, -0.2) is 9.78 Å². The van der Waals surface area contributed by atoms with Gasteiger partial charge in [0, 0.05) is 68.7 Å². The SMILES string of the molecule is COc1cc(C(=O)NC2CC3(CCN(CC4CCN(c5ccc(N6CCC(=O)NC6=O)cc5)CC4)CC3)C2)ccc1Nc1ncc2c(n1)N(C1CCCC1)CC(F)(F)C(=O)N2C. The van der Waals surface area contributed by atoms with E-state index in [4.69, 9.17) is 4.74 Å². The smallest absolute Gasteiger partial charge is 0.342 e. The number of hydrogen-bond donors (Lipinski definition) is 3. The molecule has 1 aromatic heterocycles. The molecule has 5 amide bonds. The molecule has 17 heteroatoms. The number of urea groups is 1. The third-order valence-electron chi connectivity index (χ3n) is 14.2. The molecule has 0 bridgehead atoms. The Labute approximate surface area is 360 Å². The molecule has 0 unspecified atom stereocenters. The summed E-state index contributed by atoms with van der Waals surface area (Å²) in [5, 5.41) is 8.77. The lowest BCUT2D eigenvalue weighted by molar-refractivity contribution is -0.140. The van der Waals surface area contributed by atoms with Gasteiger partial charge in [0.2, 0.25) is 11.9 Å². The van der Waals surface area contributed by atoms with Crippen molar-refractivity contribution in [2.75, 3.05) is 84.9 Å². The number of benzene rings is 2. The number of carbonyl (C=O) groups is 4. The van der Waals surface area contributed by atoms with Crippen LogP contribution in [0.15, 0.2) is 48.7 Å². The Morgan fingerprint density at radius 3 is 2.34 bits per heavy atom. The maximum absolute atomic E-state index is 15.1. The van der Waals surface area contributed by atoms with Gasteiger partial charge in [0.05, 0.1) is 25.5 Å². The third-order valence-corrected chi connectivity index (χ3v) is 14.2. The van der Waals surface area contributed by atoms with E-state index in [0.29, 0.717) is 35.9 Å². The van der Waals surface area contributed by atoms with Crippen LogP contribution in [0, 0.1) is 11.3 Å². The van der Waals surface area contributed by atoms with Gasteiger partial charge in [-0.15, -0.1) is 0 Å². The van der Waals surface area contributed by atoms with E-state index < -0.39 is 18.4 Å². The highest BCUT2D eigenvalue weighted by atomic mass is 19.3. The maximum atomic E-state index is 15.1. The molecule has 15 nitrogen and oxygen atoms in total. The zero-order chi connectivity index (χ0) is 43.2. The molecule has 5 heterocycles. The van der Waals surface area contributed by atoms with E-state index in [1.165, 1.54) is 20.4 Å². The van der Waals surface area contributed by atoms with E-state index in [1.54, 1.807) is 28.0 Å². The van der Waals surface area contributed by atoms with Gasteiger partial charge < -0.3 is 35.0 Å². The van der Waals surface area contributed by atoms with Gasteiger partial charge in [-0.2, -0.15) is 13.8 Å². The van der Waals surface area contributed by atoms with Crippen LogP contribution in [0.3, 0.4) is 0 Å². The van der Waals surface area contributed by atoms with Gasteiger partial charge in [0.15, 0.2) is 5.82 Å². The number of ether oxygens (including phenoxy) is 1. The van der Waals surface area contributed by atoms with E-state index in [1.807, 2.05) is 12.1 Å². The second-order valence-corrected chi connectivity index (χ2v) is 18.2. The number of amides is 5. The van der Waals surface area contributed by atoms with E-state index in [0.717, 1.165) is 113 Å². The van der Waals surface area contributed by atoms with Crippen LogP contribution in [0.1, 0.15) is 81.0 Å². The summed E-state index contributed by atoms with van der Waals surface area (Å²) in [5.41, 5.74) is 3.44. The van der Waals surface area contributed by atoms with Crippen LogP contribution in [0.4, 0.5) is 48.1 Å². The molecule has 4 aliphatic heterocycles. The van der Waals surface area contributed by atoms with Crippen molar-refractivity contribution in [1.29, 1.82) is 0 Å². The molecule has 3 saturated heterocycles. The molecule has 330 valence electrons. The van der Waals surface area contributed by atoms with Crippen molar-refractivity contribution in [3.8, 4) is 5.75 Å². The second kappa shape index (κ2) is 16.9. The van der Waals surface area contributed by atoms with Gasteiger partial charge in [0.1, 0.15) is 11.4 Å². The Hall–Kier alpha value is -5.58. The number of aromatic nitrogens is 2. The minimum atomic E-state index is -3.57. The molecule has 5 fully saturated rings. The Bertz CT molecular complexity index is 2180. The van der Waals surface area contributed by atoms with Crippen molar-refractivity contribution in [3.05, 3.63) is 54.2 Å². The van der Waals surface area contributed by atoms with E-state index in [9.17, 15) is 19.2 Å². The summed E-state index contributed by atoms with van der Waals surface area (Å²) in [5.74, 6) is -3.73. The molecule has 2 aliphatic carbocycles. The molecule has 9 rings (SSSR count). The summed E-state index contributed by atoms with van der Waals surface area (Å²) >= 11 is 0. The summed E-state index contributed by atoms with van der Waals surface area (Å²) in [4.78, 5) is 68.1. The number of imide groups is 1. The van der Waals surface area contributed by atoms with Gasteiger partial charge in [0.25, 0.3) is 11.8 Å². The van der Waals surface area contributed by atoms with Crippen LogP contribution in [-0.2, 0) is 9.59 Å². The molecule has 62 heavy (non-hydrogen) atoms.